The molecular formula is C25H32Br4O6. The second-order valence-electron chi connectivity index (χ2n) is 8.56. The molecule has 0 bridgehead atoms. The topological polar surface area (TPSA) is 77.4 Å². The summed E-state index contributed by atoms with van der Waals surface area (Å²) in [5, 5.41) is 18.7. The Morgan fingerprint density at radius 2 is 0.914 bits per heavy atom. The maximum absolute atomic E-state index is 9.35. The molecular weight excluding hydrogens is 716 g/mol. The molecule has 0 saturated carbocycles. The molecule has 2 rings (SSSR count). The van der Waals surface area contributed by atoms with E-state index in [0.29, 0.717) is 31.1 Å². The molecule has 0 fully saturated rings. The fourth-order valence-electron chi connectivity index (χ4n) is 3.05. The fourth-order valence-corrected chi connectivity index (χ4v) is 6.07. The van der Waals surface area contributed by atoms with Gasteiger partial charge in [-0.3, -0.25) is 0 Å². The number of benzene rings is 2. The zero-order chi connectivity index (χ0) is 26.1. The molecule has 6 nitrogen and oxygen atoms in total. The number of ether oxygens (including phenoxy) is 4. The molecule has 0 aliphatic heterocycles. The maximum Gasteiger partial charge on any atom is 0.147 e. The van der Waals surface area contributed by atoms with E-state index >= 15 is 0 Å². The highest BCUT2D eigenvalue weighted by Gasteiger charge is 2.15. The number of aliphatic hydroxyl groups excluding tert-OH is 2. The van der Waals surface area contributed by atoms with E-state index in [9.17, 15) is 10.2 Å². The molecule has 0 heterocycles. The number of hydrogen-bond donors (Lipinski definition) is 2. The van der Waals surface area contributed by atoms with Crippen LogP contribution in [0, 0.1) is 0 Å². The SMILES string of the molecule is CC(O)COC(C)COc1c(Br)cc(Cc2cc(Br)c(OCC(C)OCC(C)O)c(Br)c2)cc1Br. The number of rotatable bonds is 14. The molecule has 0 aromatic heterocycles. The first-order chi connectivity index (χ1) is 16.5. The smallest absolute Gasteiger partial charge is 0.147 e. The lowest BCUT2D eigenvalue weighted by molar-refractivity contribution is -0.0134. The lowest BCUT2D eigenvalue weighted by Crippen LogP contribution is -2.23. The summed E-state index contributed by atoms with van der Waals surface area (Å²) in [6, 6.07) is 8.15. The Morgan fingerprint density at radius 1 is 0.600 bits per heavy atom. The molecule has 35 heavy (non-hydrogen) atoms. The summed E-state index contributed by atoms with van der Waals surface area (Å²) in [4.78, 5) is 0. The van der Waals surface area contributed by atoms with Crippen LogP contribution in [0.1, 0.15) is 38.8 Å². The third-order valence-corrected chi connectivity index (χ3v) is 7.05. The van der Waals surface area contributed by atoms with Gasteiger partial charge in [0.2, 0.25) is 0 Å². The standard InChI is InChI=1S/C25H32Br4O6/c1-14(30)10-32-16(3)12-34-24-20(26)6-18(7-21(24)27)5-19-8-22(28)25(23(29)9-19)35-13-17(4)33-11-15(2)31/h6-9,14-17,30-31H,5,10-13H2,1-4H3. The van der Waals surface area contributed by atoms with Crippen LogP contribution in [-0.4, -0.2) is 61.1 Å². The molecule has 0 saturated heterocycles. The van der Waals surface area contributed by atoms with E-state index < -0.39 is 12.2 Å². The quantitative estimate of drug-likeness (QED) is 0.225. The van der Waals surface area contributed by atoms with Crippen molar-refractivity contribution in [3.05, 3.63) is 53.3 Å². The van der Waals surface area contributed by atoms with E-state index in [-0.39, 0.29) is 25.4 Å². The lowest BCUT2D eigenvalue weighted by atomic mass is 10.0. The Morgan fingerprint density at radius 3 is 1.20 bits per heavy atom. The average molecular weight is 748 g/mol. The fraction of sp³-hybridized carbons (Fsp3) is 0.520. The second-order valence-corrected chi connectivity index (χ2v) is 12.0. The summed E-state index contributed by atoms with van der Waals surface area (Å²) < 4.78 is 26.3. The Labute approximate surface area is 241 Å². The molecule has 0 spiro atoms. The summed E-state index contributed by atoms with van der Waals surface area (Å²) in [6.45, 7) is 8.48. The van der Waals surface area contributed by atoms with E-state index in [4.69, 9.17) is 18.9 Å². The van der Waals surface area contributed by atoms with Crippen molar-refractivity contribution < 1.29 is 29.2 Å². The summed E-state index contributed by atoms with van der Waals surface area (Å²) in [7, 11) is 0. The zero-order valence-electron chi connectivity index (χ0n) is 20.2. The maximum atomic E-state index is 9.35. The van der Waals surface area contributed by atoms with E-state index in [0.717, 1.165) is 29.0 Å². The molecule has 196 valence electrons. The number of hydrogen-bond acceptors (Lipinski definition) is 6. The molecule has 0 amide bonds. The predicted molar refractivity (Wildman–Crippen MR) is 152 cm³/mol. The first-order valence-corrected chi connectivity index (χ1v) is 14.4. The van der Waals surface area contributed by atoms with Crippen molar-refractivity contribution in [2.24, 2.45) is 0 Å². The molecule has 10 heteroatoms. The van der Waals surface area contributed by atoms with Crippen LogP contribution in [0.25, 0.3) is 0 Å². The second kappa shape index (κ2) is 15.3. The molecule has 2 N–H and O–H groups in total. The largest absolute Gasteiger partial charge is 0.489 e. The van der Waals surface area contributed by atoms with Gasteiger partial charge >= 0.3 is 0 Å². The monoisotopic (exact) mass is 744 g/mol. The number of halogens is 4. The van der Waals surface area contributed by atoms with Crippen molar-refractivity contribution in [1.29, 1.82) is 0 Å². The molecule has 0 radical (unpaired) electrons. The predicted octanol–water partition coefficient (Wildman–Crippen LogP) is 6.66. The van der Waals surface area contributed by atoms with Gasteiger partial charge in [0.05, 0.1) is 55.5 Å². The van der Waals surface area contributed by atoms with E-state index in [2.05, 4.69) is 63.7 Å². The third kappa shape index (κ3) is 11.0. The van der Waals surface area contributed by atoms with Gasteiger partial charge in [0.1, 0.15) is 24.7 Å². The van der Waals surface area contributed by atoms with Gasteiger partial charge in [-0.2, -0.15) is 0 Å². The molecule has 4 atom stereocenters. The Bertz CT molecular complexity index is 832. The highest BCUT2D eigenvalue weighted by molar-refractivity contribution is 9.11. The van der Waals surface area contributed by atoms with E-state index in [1.54, 1.807) is 13.8 Å². The lowest BCUT2D eigenvalue weighted by Gasteiger charge is -2.18. The van der Waals surface area contributed by atoms with Gasteiger partial charge in [-0.25, -0.2) is 0 Å². The minimum atomic E-state index is -0.505. The van der Waals surface area contributed by atoms with Gasteiger partial charge in [-0.1, -0.05) is 0 Å². The first kappa shape index (κ1) is 31.0. The van der Waals surface area contributed by atoms with Crippen LogP contribution in [0.3, 0.4) is 0 Å². The molecule has 4 unspecified atom stereocenters. The Balaban J connectivity index is 2.02. The summed E-state index contributed by atoms with van der Waals surface area (Å²) in [6.07, 6.45) is -0.599. The van der Waals surface area contributed by atoms with Crippen LogP contribution in [-0.2, 0) is 15.9 Å². The van der Waals surface area contributed by atoms with Gasteiger partial charge < -0.3 is 29.2 Å². The van der Waals surface area contributed by atoms with Crippen LogP contribution in [0.15, 0.2) is 42.2 Å². The average Bonchev–Trinajstić information content (AvgIpc) is 2.75. The number of aliphatic hydroxyl groups is 2. The Kier molecular flexibility index (Phi) is 13.5. The molecule has 0 aliphatic rings. The summed E-state index contributed by atoms with van der Waals surface area (Å²) in [5.41, 5.74) is 2.20. The van der Waals surface area contributed by atoms with Gasteiger partial charge in [0.25, 0.3) is 0 Å². The highest BCUT2D eigenvalue weighted by atomic mass is 79.9. The van der Waals surface area contributed by atoms with Gasteiger partial charge in [-0.15, -0.1) is 0 Å². The van der Waals surface area contributed by atoms with Crippen molar-refractivity contribution in [2.75, 3.05) is 26.4 Å². The Hall–Kier alpha value is -0.200. The van der Waals surface area contributed by atoms with Crippen LogP contribution >= 0.6 is 63.7 Å². The van der Waals surface area contributed by atoms with Crippen LogP contribution in [0.5, 0.6) is 11.5 Å². The first-order valence-electron chi connectivity index (χ1n) is 11.3. The minimum absolute atomic E-state index is 0.147. The van der Waals surface area contributed by atoms with Crippen LogP contribution in [0.4, 0.5) is 0 Å². The van der Waals surface area contributed by atoms with E-state index in [1.165, 1.54) is 0 Å². The van der Waals surface area contributed by atoms with Crippen molar-refractivity contribution >= 4 is 63.7 Å². The normalized spacial score (nSPS) is 14.9. The van der Waals surface area contributed by atoms with E-state index in [1.807, 2.05) is 38.1 Å². The van der Waals surface area contributed by atoms with Crippen molar-refractivity contribution in [1.82, 2.24) is 0 Å². The van der Waals surface area contributed by atoms with Crippen molar-refractivity contribution in [3.63, 3.8) is 0 Å². The van der Waals surface area contributed by atoms with Crippen LogP contribution < -0.4 is 9.47 Å². The molecule has 0 aliphatic carbocycles. The zero-order valence-corrected chi connectivity index (χ0v) is 26.5. The summed E-state index contributed by atoms with van der Waals surface area (Å²) in [5.74, 6) is 1.42. The van der Waals surface area contributed by atoms with Gasteiger partial charge in [-0.05, 0) is 133 Å². The third-order valence-electron chi connectivity index (χ3n) is 4.69. The summed E-state index contributed by atoms with van der Waals surface area (Å²) >= 11 is 14.5. The highest BCUT2D eigenvalue weighted by Crippen LogP contribution is 2.38. The van der Waals surface area contributed by atoms with Gasteiger partial charge in [0.15, 0.2) is 0 Å². The van der Waals surface area contributed by atoms with Crippen LogP contribution in [0.2, 0.25) is 0 Å². The van der Waals surface area contributed by atoms with Crippen molar-refractivity contribution in [2.45, 2.75) is 58.5 Å². The molecule has 2 aromatic carbocycles. The minimum Gasteiger partial charge on any atom is -0.489 e. The molecule has 2 aromatic rings. The van der Waals surface area contributed by atoms with Crippen molar-refractivity contribution in [3.8, 4) is 11.5 Å². The van der Waals surface area contributed by atoms with Gasteiger partial charge in [0, 0.05) is 0 Å².